The van der Waals surface area contributed by atoms with E-state index in [0.29, 0.717) is 5.57 Å². The molecule has 1 rings (SSSR count). The number of carbonyl (C=O) groups excluding carboxylic acids is 1. The van der Waals surface area contributed by atoms with Gasteiger partial charge in [-0.1, -0.05) is 48.5 Å². The third-order valence-corrected chi connectivity index (χ3v) is 1.71. The molecular weight excluding hydrogens is 224 g/mol. The van der Waals surface area contributed by atoms with Crippen molar-refractivity contribution < 1.29 is 9.53 Å². The summed E-state index contributed by atoms with van der Waals surface area (Å²) in [6, 6.07) is 9.93. The molecule has 0 aromatic heterocycles. The number of halogens is 1. The Kier molecular flexibility index (Phi) is 7.90. The summed E-state index contributed by atoms with van der Waals surface area (Å²) in [4.78, 5) is 10.2. The van der Waals surface area contributed by atoms with Crippen LogP contribution in [-0.4, -0.2) is 13.1 Å². The van der Waals surface area contributed by atoms with Crippen LogP contribution in [0.25, 0.3) is 6.08 Å². The Morgan fingerprint density at radius 1 is 1.38 bits per heavy atom. The molecular formula is C13H15ClO2. The van der Waals surface area contributed by atoms with E-state index in [9.17, 15) is 4.79 Å². The fraction of sp³-hybridized carbons (Fsp3) is 0.154. The zero-order chi connectivity index (χ0) is 12.4. The zero-order valence-electron chi connectivity index (χ0n) is 9.44. The number of esters is 1. The Hall–Kier alpha value is -1.54. The molecule has 16 heavy (non-hydrogen) atoms. The van der Waals surface area contributed by atoms with E-state index < -0.39 is 0 Å². The smallest absolute Gasteiger partial charge is 0.332 e. The molecule has 0 radical (unpaired) electrons. The van der Waals surface area contributed by atoms with Gasteiger partial charge in [-0.25, -0.2) is 4.79 Å². The summed E-state index contributed by atoms with van der Waals surface area (Å²) in [7, 11) is 1.33. The van der Waals surface area contributed by atoms with Gasteiger partial charge in [0.2, 0.25) is 0 Å². The third-order valence-electron chi connectivity index (χ3n) is 1.59. The summed E-state index contributed by atoms with van der Waals surface area (Å²) in [6.07, 6.45) is 1.85. The lowest BCUT2D eigenvalue weighted by Crippen LogP contribution is -1.98. The second-order valence-corrected chi connectivity index (χ2v) is 3.23. The van der Waals surface area contributed by atoms with Gasteiger partial charge in [0.05, 0.1) is 7.11 Å². The Morgan fingerprint density at radius 3 is 2.25 bits per heavy atom. The maximum atomic E-state index is 10.2. The molecule has 0 fully saturated rings. The fourth-order valence-electron chi connectivity index (χ4n) is 0.811. The van der Waals surface area contributed by atoms with E-state index in [4.69, 9.17) is 11.6 Å². The van der Waals surface area contributed by atoms with Crippen molar-refractivity contribution in [2.75, 3.05) is 7.11 Å². The van der Waals surface area contributed by atoms with Crippen LogP contribution in [0.5, 0.6) is 0 Å². The molecule has 0 N–H and O–H groups in total. The third kappa shape index (κ3) is 6.85. The minimum atomic E-state index is -0.347. The number of methoxy groups -OCH3 is 1. The first kappa shape index (κ1) is 14.5. The molecule has 0 amide bonds. The Bertz CT molecular complexity index is 355. The predicted octanol–water partition coefficient (Wildman–Crippen LogP) is 3.63. The number of rotatable bonds is 2. The van der Waals surface area contributed by atoms with Crippen LogP contribution in [0, 0.1) is 0 Å². The standard InChI is InChI=1S/C8H7Cl.C5H8O2/c9-7-6-8-4-2-1-3-5-8;1-4(2)5(6)7-3/h1-7H;1H2,2-3H3. The van der Waals surface area contributed by atoms with Gasteiger partial charge in [0.1, 0.15) is 0 Å². The van der Waals surface area contributed by atoms with Crippen LogP contribution in [0.4, 0.5) is 0 Å². The predicted molar refractivity (Wildman–Crippen MR) is 68.2 cm³/mol. The molecule has 0 aliphatic carbocycles. The quantitative estimate of drug-likeness (QED) is 0.581. The zero-order valence-corrected chi connectivity index (χ0v) is 10.2. The maximum absolute atomic E-state index is 10.2. The van der Waals surface area contributed by atoms with E-state index >= 15 is 0 Å². The number of hydrogen-bond acceptors (Lipinski definition) is 2. The SMILES string of the molecule is C=C(C)C(=O)OC.ClC=Cc1ccccc1. The number of hydrogen-bond donors (Lipinski definition) is 0. The van der Waals surface area contributed by atoms with Gasteiger partial charge in [-0.2, -0.15) is 0 Å². The van der Waals surface area contributed by atoms with Crippen molar-refractivity contribution in [3.05, 3.63) is 53.6 Å². The average molecular weight is 239 g/mol. The van der Waals surface area contributed by atoms with Crippen molar-refractivity contribution in [1.29, 1.82) is 0 Å². The molecule has 0 aliphatic heterocycles. The van der Waals surface area contributed by atoms with Crippen LogP contribution in [0.2, 0.25) is 0 Å². The van der Waals surface area contributed by atoms with E-state index in [0.717, 1.165) is 5.56 Å². The van der Waals surface area contributed by atoms with Gasteiger partial charge in [0.25, 0.3) is 0 Å². The second-order valence-electron chi connectivity index (χ2n) is 2.98. The van der Waals surface area contributed by atoms with Crippen LogP contribution >= 0.6 is 11.6 Å². The first-order chi connectivity index (χ1) is 7.61. The lowest BCUT2D eigenvalue weighted by Gasteiger charge is -1.91. The molecule has 1 aromatic carbocycles. The summed E-state index contributed by atoms with van der Waals surface area (Å²) in [5.41, 5.74) is 3.07. The molecule has 2 nitrogen and oxygen atoms in total. The van der Waals surface area contributed by atoms with Crippen molar-refractivity contribution in [3.63, 3.8) is 0 Å². The summed E-state index contributed by atoms with van der Waals surface area (Å²) >= 11 is 5.36. The molecule has 0 aliphatic rings. The molecule has 1 aromatic rings. The molecule has 0 atom stereocenters. The fourth-order valence-corrected chi connectivity index (χ4v) is 0.957. The highest BCUT2D eigenvalue weighted by Gasteiger charge is 1.95. The molecule has 0 saturated heterocycles. The van der Waals surface area contributed by atoms with Gasteiger partial charge in [-0.3, -0.25) is 0 Å². The minimum Gasteiger partial charge on any atom is -0.466 e. The highest BCUT2D eigenvalue weighted by molar-refractivity contribution is 6.27. The lowest BCUT2D eigenvalue weighted by atomic mass is 10.2. The summed E-state index contributed by atoms with van der Waals surface area (Å²) in [5.74, 6) is -0.347. The Morgan fingerprint density at radius 2 is 1.94 bits per heavy atom. The summed E-state index contributed by atoms with van der Waals surface area (Å²) in [5, 5.41) is 0. The van der Waals surface area contributed by atoms with E-state index in [-0.39, 0.29) is 5.97 Å². The van der Waals surface area contributed by atoms with E-state index in [1.165, 1.54) is 12.6 Å². The molecule has 0 heterocycles. The first-order valence-corrected chi connectivity index (χ1v) is 5.11. The highest BCUT2D eigenvalue weighted by atomic mass is 35.5. The summed E-state index contributed by atoms with van der Waals surface area (Å²) < 4.78 is 4.27. The van der Waals surface area contributed by atoms with Gasteiger partial charge in [0, 0.05) is 11.1 Å². The van der Waals surface area contributed by atoms with E-state index in [2.05, 4.69) is 11.3 Å². The lowest BCUT2D eigenvalue weighted by molar-refractivity contribution is -0.136. The van der Waals surface area contributed by atoms with Crippen LogP contribution < -0.4 is 0 Å². The second kappa shape index (κ2) is 8.74. The highest BCUT2D eigenvalue weighted by Crippen LogP contribution is 2.00. The monoisotopic (exact) mass is 238 g/mol. The van der Waals surface area contributed by atoms with Gasteiger partial charge >= 0.3 is 5.97 Å². The largest absolute Gasteiger partial charge is 0.466 e. The van der Waals surface area contributed by atoms with E-state index in [1.54, 1.807) is 6.92 Å². The maximum Gasteiger partial charge on any atom is 0.332 e. The Labute approximate surface area is 101 Å². The van der Waals surface area contributed by atoms with Gasteiger partial charge < -0.3 is 4.74 Å². The van der Waals surface area contributed by atoms with Crippen LogP contribution in [0.1, 0.15) is 12.5 Å². The molecule has 3 heteroatoms. The molecule has 86 valence electrons. The molecule has 0 saturated carbocycles. The number of ether oxygens (including phenoxy) is 1. The van der Waals surface area contributed by atoms with Crippen molar-refractivity contribution in [2.24, 2.45) is 0 Å². The molecule has 0 spiro atoms. The number of benzene rings is 1. The summed E-state index contributed by atoms with van der Waals surface area (Å²) in [6.45, 7) is 4.95. The van der Waals surface area contributed by atoms with Crippen LogP contribution in [-0.2, 0) is 9.53 Å². The van der Waals surface area contributed by atoms with Crippen molar-refractivity contribution in [3.8, 4) is 0 Å². The number of carbonyl (C=O) groups is 1. The Balaban J connectivity index is 0.000000293. The molecule has 0 bridgehead atoms. The average Bonchev–Trinajstić information content (AvgIpc) is 2.30. The van der Waals surface area contributed by atoms with Crippen molar-refractivity contribution in [1.82, 2.24) is 0 Å². The van der Waals surface area contributed by atoms with Crippen molar-refractivity contribution >= 4 is 23.6 Å². The molecule has 0 unspecified atom stereocenters. The van der Waals surface area contributed by atoms with Crippen LogP contribution in [0.3, 0.4) is 0 Å². The van der Waals surface area contributed by atoms with Crippen LogP contribution in [0.15, 0.2) is 48.0 Å². The van der Waals surface area contributed by atoms with E-state index in [1.807, 2.05) is 36.4 Å². The van der Waals surface area contributed by atoms with Gasteiger partial charge in [-0.15, -0.1) is 0 Å². The topological polar surface area (TPSA) is 26.3 Å². The van der Waals surface area contributed by atoms with Gasteiger partial charge in [0.15, 0.2) is 0 Å². The first-order valence-electron chi connectivity index (χ1n) is 4.67. The van der Waals surface area contributed by atoms with Crippen molar-refractivity contribution in [2.45, 2.75) is 6.92 Å². The van der Waals surface area contributed by atoms with Gasteiger partial charge in [-0.05, 0) is 18.6 Å². The normalized spacial score (nSPS) is 9.19. The minimum absolute atomic E-state index is 0.347.